The number of carbonyl (C=O) groups is 1. The van der Waals surface area contributed by atoms with E-state index in [0.717, 1.165) is 6.26 Å². The highest BCUT2D eigenvalue weighted by atomic mass is 31.2. The van der Waals surface area contributed by atoms with E-state index >= 15 is 0 Å². The Morgan fingerprint density at radius 2 is 1.59 bits per heavy atom. The second-order valence-corrected chi connectivity index (χ2v) is 4.91. The van der Waals surface area contributed by atoms with Gasteiger partial charge in [-0.15, -0.1) is 0 Å². The molecule has 1 N–H and O–H groups in total. The number of hydrogen-bond acceptors (Lipinski definition) is 5. The molecule has 0 heterocycles. The Morgan fingerprint density at radius 3 is 1.71 bits per heavy atom. The van der Waals surface area contributed by atoms with Crippen molar-refractivity contribution >= 4 is 13.8 Å². The van der Waals surface area contributed by atoms with Gasteiger partial charge in [0, 0.05) is 6.92 Å². The molecular weight excluding hydrogens is 247 g/mol. The van der Waals surface area contributed by atoms with Crippen LogP contribution in [0.5, 0.6) is 0 Å². The van der Waals surface area contributed by atoms with Crippen molar-refractivity contribution in [3.05, 3.63) is 12.8 Å². The standard InChI is InChI=1S/C6H15O4P.C4H6O2/c1-5(2)9-11(7,8)10-6(3)4;1-3-6-4(2)5/h5-6H,1-4H3,(H,7,8);3H,1H2,2H3. The average molecular weight is 268 g/mol. The molecule has 0 saturated heterocycles. The van der Waals surface area contributed by atoms with Gasteiger partial charge in [-0.1, -0.05) is 6.58 Å². The van der Waals surface area contributed by atoms with E-state index in [1.165, 1.54) is 6.92 Å². The molecule has 0 saturated carbocycles. The molecule has 7 heteroatoms. The highest BCUT2D eigenvalue weighted by molar-refractivity contribution is 7.47. The minimum Gasteiger partial charge on any atom is -0.435 e. The highest BCUT2D eigenvalue weighted by Crippen LogP contribution is 2.45. The normalized spacial score (nSPS) is 10.8. The third kappa shape index (κ3) is 17.9. The average Bonchev–Trinajstić information content (AvgIpc) is 1.97. The van der Waals surface area contributed by atoms with Gasteiger partial charge in [-0.2, -0.15) is 0 Å². The number of hydrogen-bond donors (Lipinski definition) is 1. The molecule has 0 atom stereocenters. The lowest BCUT2D eigenvalue weighted by atomic mass is 10.5. The van der Waals surface area contributed by atoms with Gasteiger partial charge in [0.15, 0.2) is 0 Å². The quantitative estimate of drug-likeness (QED) is 0.469. The van der Waals surface area contributed by atoms with Crippen LogP contribution in [0.1, 0.15) is 34.6 Å². The van der Waals surface area contributed by atoms with Gasteiger partial charge < -0.3 is 9.63 Å². The number of rotatable bonds is 5. The maximum absolute atomic E-state index is 10.9. The first kappa shape index (κ1) is 18.7. The summed E-state index contributed by atoms with van der Waals surface area (Å²) in [6.07, 6.45) is 0.497. The molecule has 0 bridgehead atoms. The Morgan fingerprint density at radius 1 is 1.24 bits per heavy atom. The number of phosphoric ester groups is 1. The van der Waals surface area contributed by atoms with Crippen LogP contribution < -0.4 is 0 Å². The highest BCUT2D eigenvalue weighted by Gasteiger charge is 2.23. The molecule has 17 heavy (non-hydrogen) atoms. The summed E-state index contributed by atoms with van der Waals surface area (Å²) < 4.78 is 24.4. The molecule has 0 spiro atoms. The number of phosphoric acid groups is 1. The summed E-state index contributed by atoms with van der Waals surface area (Å²) in [6, 6.07) is 0. The Labute approximate surface area is 102 Å². The third-order valence-corrected chi connectivity index (χ3v) is 2.31. The Bertz CT molecular complexity index is 260. The van der Waals surface area contributed by atoms with Gasteiger partial charge in [0.25, 0.3) is 0 Å². The fourth-order valence-electron chi connectivity index (χ4n) is 0.675. The van der Waals surface area contributed by atoms with Gasteiger partial charge in [0.1, 0.15) is 0 Å². The van der Waals surface area contributed by atoms with Gasteiger partial charge in [-0.05, 0) is 27.7 Å². The molecule has 0 rings (SSSR count). The van der Waals surface area contributed by atoms with Crippen LogP contribution in [0.25, 0.3) is 0 Å². The maximum Gasteiger partial charge on any atom is 0.472 e. The Kier molecular flexibility index (Phi) is 10.3. The minimum absolute atomic E-state index is 0.301. The summed E-state index contributed by atoms with van der Waals surface area (Å²) in [5.41, 5.74) is 0. The second kappa shape index (κ2) is 9.36. The van der Waals surface area contributed by atoms with Crippen molar-refractivity contribution in [3.8, 4) is 0 Å². The first-order valence-corrected chi connectivity index (χ1v) is 6.58. The van der Waals surface area contributed by atoms with Gasteiger partial charge in [0.2, 0.25) is 0 Å². The van der Waals surface area contributed by atoms with Crippen LogP contribution in [0.3, 0.4) is 0 Å². The topological polar surface area (TPSA) is 82.1 Å². The fourth-order valence-corrected chi connectivity index (χ4v) is 1.79. The number of esters is 1. The monoisotopic (exact) mass is 268 g/mol. The lowest BCUT2D eigenvalue weighted by Gasteiger charge is -2.16. The van der Waals surface area contributed by atoms with E-state index in [1.54, 1.807) is 27.7 Å². The van der Waals surface area contributed by atoms with Crippen LogP contribution in [0.15, 0.2) is 12.8 Å². The van der Waals surface area contributed by atoms with E-state index in [4.69, 9.17) is 4.89 Å². The van der Waals surface area contributed by atoms with E-state index < -0.39 is 7.82 Å². The Hall–Kier alpha value is -0.680. The first-order chi connectivity index (χ1) is 7.60. The van der Waals surface area contributed by atoms with E-state index in [2.05, 4.69) is 20.4 Å². The zero-order valence-electron chi connectivity index (χ0n) is 10.9. The summed E-state index contributed by atoms with van der Waals surface area (Å²) >= 11 is 0. The predicted octanol–water partition coefficient (Wildman–Crippen LogP) is 2.63. The van der Waals surface area contributed by atoms with Gasteiger partial charge >= 0.3 is 13.8 Å². The molecule has 6 nitrogen and oxygen atoms in total. The van der Waals surface area contributed by atoms with Crippen LogP contribution >= 0.6 is 7.82 Å². The lowest BCUT2D eigenvalue weighted by molar-refractivity contribution is -0.135. The molecule has 0 aromatic rings. The van der Waals surface area contributed by atoms with Gasteiger partial charge in [0.05, 0.1) is 18.5 Å². The zero-order valence-corrected chi connectivity index (χ0v) is 11.8. The maximum atomic E-state index is 10.9. The summed E-state index contributed by atoms with van der Waals surface area (Å²) in [4.78, 5) is 18.7. The Balaban J connectivity index is 0. The van der Waals surface area contributed by atoms with Crippen LogP contribution in [0, 0.1) is 0 Å². The van der Waals surface area contributed by atoms with Crippen molar-refractivity contribution in [2.24, 2.45) is 0 Å². The first-order valence-electron chi connectivity index (χ1n) is 5.08. The molecule has 0 aromatic heterocycles. The molecule has 0 aliphatic carbocycles. The molecule has 0 aliphatic rings. The molecule has 102 valence electrons. The van der Waals surface area contributed by atoms with Crippen LogP contribution in [0.2, 0.25) is 0 Å². The van der Waals surface area contributed by atoms with Crippen molar-refractivity contribution in [2.45, 2.75) is 46.8 Å². The minimum atomic E-state index is -3.80. The molecule has 0 amide bonds. The van der Waals surface area contributed by atoms with Gasteiger partial charge in [-0.25, -0.2) is 4.57 Å². The third-order valence-electron chi connectivity index (χ3n) is 0.937. The molecule has 0 aromatic carbocycles. The SMILES string of the molecule is C=COC(C)=O.CC(C)OP(=O)(O)OC(C)C. The smallest absolute Gasteiger partial charge is 0.435 e. The van der Waals surface area contributed by atoms with Crippen LogP contribution in [-0.2, 0) is 23.1 Å². The molecule has 0 aliphatic heterocycles. The van der Waals surface area contributed by atoms with Crippen molar-refractivity contribution < 1.29 is 28.0 Å². The van der Waals surface area contributed by atoms with E-state index in [0.29, 0.717) is 0 Å². The van der Waals surface area contributed by atoms with Crippen LogP contribution in [0.4, 0.5) is 0 Å². The molecule has 0 unspecified atom stereocenters. The lowest BCUT2D eigenvalue weighted by Crippen LogP contribution is -2.06. The van der Waals surface area contributed by atoms with Crippen molar-refractivity contribution in [2.75, 3.05) is 0 Å². The summed E-state index contributed by atoms with van der Waals surface area (Å²) in [7, 11) is -3.80. The number of ether oxygens (including phenoxy) is 1. The molecule has 0 fully saturated rings. The largest absolute Gasteiger partial charge is 0.472 e. The molecule has 0 radical (unpaired) electrons. The molecular formula is C10H21O6P. The summed E-state index contributed by atoms with van der Waals surface area (Å²) in [6.45, 7) is 11.2. The summed E-state index contributed by atoms with van der Waals surface area (Å²) in [5, 5.41) is 0. The zero-order chi connectivity index (χ0) is 14.1. The van der Waals surface area contributed by atoms with E-state index in [1.807, 2.05) is 0 Å². The van der Waals surface area contributed by atoms with Crippen molar-refractivity contribution in [1.82, 2.24) is 0 Å². The fraction of sp³-hybridized carbons (Fsp3) is 0.700. The second-order valence-electron chi connectivity index (χ2n) is 3.55. The van der Waals surface area contributed by atoms with Gasteiger partial charge in [-0.3, -0.25) is 13.8 Å². The van der Waals surface area contributed by atoms with E-state index in [9.17, 15) is 9.36 Å². The number of carbonyl (C=O) groups excluding carboxylic acids is 1. The van der Waals surface area contributed by atoms with Crippen molar-refractivity contribution in [3.63, 3.8) is 0 Å². The predicted molar refractivity (Wildman–Crippen MR) is 64.2 cm³/mol. The van der Waals surface area contributed by atoms with Crippen LogP contribution in [-0.4, -0.2) is 23.1 Å². The van der Waals surface area contributed by atoms with E-state index in [-0.39, 0.29) is 18.2 Å². The van der Waals surface area contributed by atoms with Crippen molar-refractivity contribution in [1.29, 1.82) is 0 Å². The summed E-state index contributed by atoms with van der Waals surface area (Å²) in [5.74, 6) is -0.329.